The van der Waals surface area contributed by atoms with Crippen LogP contribution in [0.25, 0.3) is 0 Å². The first-order chi connectivity index (χ1) is 20.7. The predicted molar refractivity (Wildman–Crippen MR) is 164 cm³/mol. The molecule has 4 rings (SSSR count). The highest BCUT2D eigenvalue weighted by Crippen LogP contribution is 2.33. The van der Waals surface area contributed by atoms with Crippen LogP contribution in [0, 0.1) is 6.92 Å². The van der Waals surface area contributed by atoms with Crippen molar-refractivity contribution in [3.63, 3.8) is 0 Å². The Bertz CT molecular complexity index is 1610. The first-order valence-corrected chi connectivity index (χ1v) is 16.2. The molecule has 0 bridgehead atoms. The second-order valence-electron chi connectivity index (χ2n) is 10.8. The van der Waals surface area contributed by atoms with Crippen molar-refractivity contribution in [2.75, 3.05) is 10.8 Å². The first-order valence-electron chi connectivity index (χ1n) is 14.0. The summed E-state index contributed by atoms with van der Waals surface area (Å²) in [7, 11) is -4.53. The molecular formula is C31H32Cl2F3N3O4S. The van der Waals surface area contributed by atoms with E-state index in [4.69, 9.17) is 23.2 Å². The van der Waals surface area contributed by atoms with Crippen molar-refractivity contribution in [1.29, 1.82) is 0 Å². The number of benzene rings is 3. The zero-order chi connectivity index (χ0) is 32.2. The SMILES string of the molecule is Cc1ccc(S(=O)(=O)N(CC(=O)N(Cc2ccc(Cl)c(Cl)c2)C(C)C(=O)NC2CCCC2)c2cccc(C(F)(F)F)c2)cc1. The molecule has 1 aliphatic rings. The fraction of sp³-hybridized carbons (Fsp3) is 0.355. The zero-order valence-electron chi connectivity index (χ0n) is 24.1. The first kappa shape index (κ1) is 33.6. The monoisotopic (exact) mass is 669 g/mol. The average Bonchev–Trinajstić information content (AvgIpc) is 3.48. The van der Waals surface area contributed by atoms with Gasteiger partial charge >= 0.3 is 6.18 Å². The lowest BCUT2D eigenvalue weighted by atomic mass is 10.1. The number of hydrogen-bond acceptors (Lipinski definition) is 4. The molecule has 1 unspecified atom stereocenters. The van der Waals surface area contributed by atoms with Crippen molar-refractivity contribution in [2.24, 2.45) is 0 Å². The molecule has 13 heteroatoms. The Morgan fingerprint density at radius 2 is 1.64 bits per heavy atom. The summed E-state index contributed by atoms with van der Waals surface area (Å²) in [6.07, 6.45) is -1.22. The van der Waals surface area contributed by atoms with Crippen molar-refractivity contribution >= 4 is 50.7 Å². The largest absolute Gasteiger partial charge is 0.416 e. The highest BCUT2D eigenvalue weighted by Gasteiger charge is 2.35. The highest BCUT2D eigenvalue weighted by molar-refractivity contribution is 7.92. The lowest BCUT2D eigenvalue weighted by molar-refractivity contribution is -0.139. The Kier molecular flexibility index (Phi) is 10.5. The Balaban J connectivity index is 1.74. The average molecular weight is 671 g/mol. The Morgan fingerprint density at radius 1 is 0.977 bits per heavy atom. The molecule has 1 saturated carbocycles. The molecule has 2 amide bonds. The van der Waals surface area contributed by atoms with Crippen molar-refractivity contribution in [3.8, 4) is 0 Å². The van der Waals surface area contributed by atoms with E-state index in [9.17, 15) is 31.2 Å². The maximum absolute atomic E-state index is 14.0. The minimum Gasteiger partial charge on any atom is -0.352 e. The van der Waals surface area contributed by atoms with Crippen LogP contribution in [-0.2, 0) is 32.3 Å². The number of aryl methyl sites for hydroxylation is 1. The Morgan fingerprint density at radius 3 is 2.25 bits per heavy atom. The van der Waals surface area contributed by atoms with Crippen LogP contribution in [-0.4, -0.2) is 43.8 Å². The number of amides is 2. The van der Waals surface area contributed by atoms with E-state index in [2.05, 4.69) is 5.32 Å². The van der Waals surface area contributed by atoms with Crippen molar-refractivity contribution in [3.05, 3.63) is 93.5 Å². The second kappa shape index (κ2) is 13.8. The quantitative estimate of drug-likeness (QED) is 0.252. The normalized spacial score (nSPS) is 14.7. The number of nitrogens with one attached hydrogen (secondary N) is 1. The van der Waals surface area contributed by atoms with Crippen LogP contribution in [0.3, 0.4) is 0 Å². The van der Waals surface area contributed by atoms with Crippen LogP contribution in [0.2, 0.25) is 10.0 Å². The fourth-order valence-electron chi connectivity index (χ4n) is 5.01. The van der Waals surface area contributed by atoms with E-state index >= 15 is 0 Å². The third-order valence-electron chi connectivity index (χ3n) is 7.56. The highest BCUT2D eigenvalue weighted by atomic mass is 35.5. The Labute approximate surface area is 265 Å². The smallest absolute Gasteiger partial charge is 0.352 e. The van der Waals surface area contributed by atoms with Gasteiger partial charge in [0.2, 0.25) is 11.8 Å². The van der Waals surface area contributed by atoms with Gasteiger partial charge in [-0.1, -0.05) is 65.9 Å². The van der Waals surface area contributed by atoms with Gasteiger partial charge in [0.15, 0.2) is 0 Å². The number of rotatable bonds is 10. The topological polar surface area (TPSA) is 86.8 Å². The molecule has 3 aromatic rings. The summed E-state index contributed by atoms with van der Waals surface area (Å²) in [5.41, 5.74) is -0.157. The fourth-order valence-corrected chi connectivity index (χ4v) is 6.74. The van der Waals surface area contributed by atoms with Gasteiger partial charge < -0.3 is 10.2 Å². The summed E-state index contributed by atoms with van der Waals surface area (Å²) >= 11 is 12.3. The molecule has 0 spiro atoms. The molecule has 1 N–H and O–H groups in total. The van der Waals surface area contributed by atoms with Gasteiger partial charge in [-0.2, -0.15) is 13.2 Å². The predicted octanol–water partition coefficient (Wildman–Crippen LogP) is 6.99. The van der Waals surface area contributed by atoms with E-state index in [0.717, 1.165) is 43.4 Å². The van der Waals surface area contributed by atoms with Gasteiger partial charge in [-0.05, 0) is 74.7 Å². The zero-order valence-corrected chi connectivity index (χ0v) is 26.4. The van der Waals surface area contributed by atoms with Gasteiger partial charge in [-0.3, -0.25) is 13.9 Å². The maximum atomic E-state index is 14.0. The van der Waals surface area contributed by atoms with Gasteiger partial charge in [0.25, 0.3) is 10.0 Å². The molecular weight excluding hydrogens is 638 g/mol. The molecule has 0 heterocycles. The van der Waals surface area contributed by atoms with Gasteiger partial charge in [-0.25, -0.2) is 8.42 Å². The molecule has 7 nitrogen and oxygen atoms in total. The summed E-state index contributed by atoms with van der Waals surface area (Å²) < 4.78 is 69.4. The Hall–Kier alpha value is -3.28. The van der Waals surface area contributed by atoms with Crippen LogP contribution in [0.1, 0.15) is 49.3 Å². The summed E-state index contributed by atoms with van der Waals surface area (Å²) in [6.45, 7) is 2.25. The molecule has 0 aromatic heterocycles. The molecule has 1 aliphatic carbocycles. The summed E-state index contributed by atoms with van der Waals surface area (Å²) in [6, 6.07) is 13.1. The minimum atomic E-state index is -4.76. The lowest BCUT2D eigenvalue weighted by Crippen LogP contribution is -2.52. The second-order valence-corrected chi connectivity index (χ2v) is 13.5. The molecule has 44 heavy (non-hydrogen) atoms. The van der Waals surface area contributed by atoms with Gasteiger partial charge in [0.1, 0.15) is 12.6 Å². The summed E-state index contributed by atoms with van der Waals surface area (Å²) in [5.74, 6) is -1.24. The van der Waals surface area contributed by atoms with E-state index in [1.165, 1.54) is 42.2 Å². The summed E-state index contributed by atoms with van der Waals surface area (Å²) in [5, 5.41) is 3.45. The van der Waals surface area contributed by atoms with Crippen LogP contribution in [0.15, 0.2) is 71.6 Å². The van der Waals surface area contributed by atoms with Gasteiger partial charge in [0, 0.05) is 12.6 Å². The molecule has 1 atom stereocenters. The maximum Gasteiger partial charge on any atom is 0.416 e. The van der Waals surface area contributed by atoms with Crippen LogP contribution >= 0.6 is 23.2 Å². The standard InChI is InChI=1S/C31H32Cl2F3N3O4S/c1-20-10-13-26(14-11-20)44(42,43)39(25-9-5-6-23(17-25)31(34,35)36)19-29(40)38(18-22-12-15-27(32)28(33)16-22)21(2)30(41)37-24-7-3-4-8-24/h5-6,9-17,21,24H,3-4,7-8,18-19H2,1-2H3,(H,37,41). The minimum absolute atomic E-state index is 0.0459. The molecule has 236 valence electrons. The van der Waals surface area contributed by atoms with E-state index in [0.29, 0.717) is 15.9 Å². The van der Waals surface area contributed by atoms with Crippen molar-refractivity contribution in [1.82, 2.24) is 10.2 Å². The number of carbonyl (C=O) groups excluding carboxylic acids is 2. The van der Waals surface area contributed by atoms with Crippen molar-refractivity contribution < 1.29 is 31.2 Å². The number of nitrogens with zero attached hydrogens (tertiary/aromatic N) is 2. The number of alkyl halides is 3. The number of sulfonamides is 1. The third-order valence-corrected chi connectivity index (χ3v) is 10.1. The summed E-state index contributed by atoms with van der Waals surface area (Å²) in [4.78, 5) is 28.3. The van der Waals surface area contributed by atoms with E-state index in [1.54, 1.807) is 25.1 Å². The van der Waals surface area contributed by atoms with Gasteiger partial charge in [0.05, 0.1) is 26.2 Å². The number of hydrogen-bond donors (Lipinski definition) is 1. The third kappa shape index (κ3) is 8.05. The number of carbonyl (C=O) groups is 2. The number of halogens is 5. The lowest BCUT2D eigenvalue weighted by Gasteiger charge is -2.32. The molecule has 0 saturated heterocycles. The number of anilines is 1. The van der Waals surface area contributed by atoms with Crippen LogP contribution in [0.5, 0.6) is 0 Å². The van der Waals surface area contributed by atoms with Gasteiger partial charge in [-0.15, -0.1) is 0 Å². The molecule has 0 radical (unpaired) electrons. The van der Waals surface area contributed by atoms with Crippen molar-refractivity contribution in [2.45, 2.75) is 69.2 Å². The van der Waals surface area contributed by atoms with E-state index in [1.807, 2.05) is 0 Å². The van der Waals surface area contributed by atoms with Crippen LogP contribution in [0.4, 0.5) is 18.9 Å². The molecule has 1 fully saturated rings. The molecule has 0 aliphatic heterocycles. The molecule has 3 aromatic carbocycles. The van der Waals surface area contributed by atoms with E-state index < -0.39 is 46.2 Å². The van der Waals surface area contributed by atoms with Crippen LogP contribution < -0.4 is 9.62 Å². The van der Waals surface area contributed by atoms with E-state index in [-0.39, 0.29) is 33.2 Å².